The molecule has 0 aromatic heterocycles. The maximum absolute atomic E-state index is 13.1. The molecule has 3 amide bonds. The molecule has 1 fully saturated rings. The van der Waals surface area contributed by atoms with E-state index in [0.29, 0.717) is 17.0 Å². The molecule has 0 bridgehead atoms. The van der Waals surface area contributed by atoms with Crippen molar-refractivity contribution in [2.45, 2.75) is 12.5 Å². The van der Waals surface area contributed by atoms with Crippen LogP contribution in [0.15, 0.2) is 12.1 Å². The Labute approximate surface area is 109 Å². The highest BCUT2D eigenvalue weighted by atomic mass is 19.2. The number of imide groups is 1. The molecule has 1 heterocycles. The lowest BCUT2D eigenvalue weighted by molar-refractivity contribution is -0.139. The lowest BCUT2D eigenvalue weighted by atomic mass is 10.2. The van der Waals surface area contributed by atoms with Crippen LogP contribution < -0.4 is 10.2 Å². The number of nitrogens with zero attached hydrogens (tertiary/aromatic N) is 1. The number of aliphatic carboxylic acids is 1. The van der Waals surface area contributed by atoms with Gasteiger partial charge in [0.1, 0.15) is 6.04 Å². The Morgan fingerprint density at radius 3 is 2.30 bits per heavy atom. The van der Waals surface area contributed by atoms with Gasteiger partial charge in [-0.05, 0) is 0 Å². The van der Waals surface area contributed by atoms with E-state index in [0.717, 1.165) is 0 Å². The van der Waals surface area contributed by atoms with Gasteiger partial charge in [0.2, 0.25) is 0 Å². The first kappa shape index (κ1) is 13.8. The van der Waals surface area contributed by atoms with E-state index >= 15 is 0 Å². The Morgan fingerprint density at radius 2 is 1.80 bits per heavy atom. The van der Waals surface area contributed by atoms with E-state index in [1.807, 2.05) is 0 Å². The highest BCUT2D eigenvalue weighted by molar-refractivity contribution is 6.21. The number of carboxylic acid groups (broad SMARTS) is 1. The third kappa shape index (κ3) is 2.29. The predicted octanol–water partition coefficient (Wildman–Crippen LogP) is 1.00. The third-order valence-corrected chi connectivity index (χ3v) is 2.62. The molecule has 0 saturated carbocycles. The van der Waals surface area contributed by atoms with Crippen molar-refractivity contribution in [1.29, 1.82) is 0 Å². The molecule has 1 atom stereocenters. The van der Waals surface area contributed by atoms with Crippen molar-refractivity contribution in [3.8, 4) is 0 Å². The van der Waals surface area contributed by atoms with Gasteiger partial charge in [0.25, 0.3) is 5.91 Å². The summed E-state index contributed by atoms with van der Waals surface area (Å²) in [5.74, 6) is -7.18. The average Bonchev–Trinajstić information content (AvgIpc) is 2.60. The van der Waals surface area contributed by atoms with Gasteiger partial charge in [-0.3, -0.25) is 9.59 Å². The van der Waals surface area contributed by atoms with E-state index in [1.165, 1.54) is 0 Å². The van der Waals surface area contributed by atoms with Crippen LogP contribution in [0.5, 0.6) is 0 Å². The zero-order valence-electron chi connectivity index (χ0n) is 9.69. The second-order valence-corrected chi connectivity index (χ2v) is 4.00. The van der Waals surface area contributed by atoms with Crippen LogP contribution in [0.2, 0.25) is 0 Å². The molecule has 1 saturated heterocycles. The van der Waals surface area contributed by atoms with Crippen LogP contribution in [0.4, 0.5) is 23.7 Å². The Hall–Kier alpha value is -2.58. The first-order valence-electron chi connectivity index (χ1n) is 5.32. The number of carbonyl (C=O) groups is 3. The van der Waals surface area contributed by atoms with Crippen molar-refractivity contribution in [2.24, 2.45) is 0 Å². The SMILES string of the molecule is O=C(O)C[C@@H]1NC(=O)N(c2cc(F)c(F)c(F)c2)C1=O. The topological polar surface area (TPSA) is 86.7 Å². The van der Waals surface area contributed by atoms with Crippen LogP contribution in [0.3, 0.4) is 0 Å². The van der Waals surface area contributed by atoms with E-state index in [-0.39, 0.29) is 0 Å². The summed E-state index contributed by atoms with van der Waals surface area (Å²) in [4.78, 5) is 34.2. The van der Waals surface area contributed by atoms with E-state index in [2.05, 4.69) is 5.32 Å². The number of rotatable bonds is 3. The zero-order chi connectivity index (χ0) is 15.0. The molecule has 2 N–H and O–H groups in total. The summed E-state index contributed by atoms with van der Waals surface area (Å²) in [7, 11) is 0. The fourth-order valence-corrected chi connectivity index (χ4v) is 1.76. The van der Waals surface area contributed by atoms with Gasteiger partial charge in [0, 0.05) is 12.1 Å². The Balaban J connectivity index is 2.36. The minimum atomic E-state index is -1.73. The molecule has 9 heteroatoms. The maximum atomic E-state index is 13.1. The molecule has 20 heavy (non-hydrogen) atoms. The molecule has 0 aliphatic carbocycles. The molecular formula is C11H7F3N2O4. The normalized spacial score (nSPS) is 18.4. The summed E-state index contributed by atoms with van der Waals surface area (Å²) in [6, 6.07) is -1.43. The van der Waals surface area contributed by atoms with Crippen LogP contribution in [-0.2, 0) is 9.59 Å². The van der Waals surface area contributed by atoms with Gasteiger partial charge < -0.3 is 10.4 Å². The molecule has 106 valence electrons. The molecule has 1 aromatic rings. The highest BCUT2D eigenvalue weighted by Crippen LogP contribution is 2.24. The third-order valence-electron chi connectivity index (χ3n) is 2.62. The molecule has 0 radical (unpaired) electrons. The van der Waals surface area contributed by atoms with Gasteiger partial charge in [-0.2, -0.15) is 0 Å². The summed E-state index contributed by atoms with van der Waals surface area (Å²) < 4.78 is 39.0. The van der Waals surface area contributed by atoms with Crippen molar-refractivity contribution >= 4 is 23.6 Å². The summed E-state index contributed by atoms with van der Waals surface area (Å²) in [6.45, 7) is 0. The lowest BCUT2D eigenvalue weighted by Crippen LogP contribution is -2.32. The lowest BCUT2D eigenvalue weighted by Gasteiger charge is -2.13. The maximum Gasteiger partial charge on any atom is 0.329 e. The van der Waals surface area contributed by atoms with Crippen LogP contribution in [0.1, 0.15) is 6.42 Å². The summed E-state index contributed by atoms with van der Waals surface area (Å²) in [5, 5.41) is 10.6. The average molecular weight is 288 g/mol. The van der Waals surface area contributed by atoms with Gasteiger partial charge >= 0.3 is 12.0 Å². The summed E-state index contributed by atoms with van der Waals surface area (Å²) in [5.41, 5.74) is -0.517. The van der Waals surface area contributed by atoms with Crippen molar-refractivity contribution in [1.82, 2.24) is 5.32 Å². The number of halogens is 3. The number of benzene rings is 1. The van der Waals surface area contributed by atoms with Gasteiger partial charge in [0.15, 0.2) is 17.5 Å². The smallest absolute Gasteiger partial charge is 0.329 e. The summed E-state index contributed by atoms with van der Waals surface area (Å²) >= 11 is 0. The van der Waals surface area contributed by atoms with Gasteiger partial charge in [-0.25, -0.2) is 22.9 Å². The van der Waals surface area contributed by atoms with E-state index in [4.69, 9.17) is 5.11 Å². The van der Waals surface area contributed by atoms with Crippen LogP contribution >= 0.6 is 0 Å². The molecule has 1 aromatic carbocycles. The minimum absolute atomic E-state index is 0.360. The number of nitrogens with one attached hydrogen (secondary N) is 1. The molecule has 6 nitrogen and oxygen atoms in total. The van der Waals surface area contributed by atoms with Crippen molar-refractivity contribution in [3.05, 3.63) is 29.6 Å². The second-order valence-electron chi connectivity index (χ2n) is 4.00. The van der Waals surface area contributed by atoms with Crippen molar-refractivity contribution in [3.63, 3.8) is 0 Å². The van der Waals surface area contributed by atoms with Crippen LogP contribution in [0.25, 0.3) is 0 Å². The second kappa shape index (κ2) is 4.83. The van der Waals surface area contributed by atoms with Crippen molar-refractivity contribution in [2.75, 3.05) is 4.90 Å². The largest absolute Gasteiger partial charge is 0.481 e. The Kier molecular flexibility index (Phi) is 3.35. The number of hydrogen-bond acceptors (Lipinski definition) is 3. The number of carboxylic acids is 1. The quantitative estimate of drug-likeness (QED) is 0.642. The first-order valence-corrected chi connectivity index (χ1v) is 5.32. The number of hydrogen-bond donors (Lipinski definition) is 2. The van der Waals surface area contributed by atoms with Gasteiger partial charge in [0.05, 0.1) is 12.1 Å². The first-order chi connectivity index (χ1) is 9.31. The van der Waals surface area contributed by atoms with Crippen LogP contribution in [0, 0.1) is 17.5 Å². The van der Waals surface area contributed by atoms with Gasteiger partial charge in [-0.15, -0.1) is 0 Å². The molecule has 0 spiro atoms. The highest BCUT2D eigenvalue weighted by Gasteiger charge is 2.40. The predicted molar refractivity (Wildman–Crippen MR) is 58.4 cm³/mol. The van der Waals surface area contributed by atoms with E-state index in [9.17, 15) is 27.6 Å². The number of carbonyl (C=O) groups excluding carboxylic acids is 2. The van der Waals surface area contributed by atoms with E-state index in [1.54, 1.807) is 0 Å². The molecule has 2 rings (SSSR count). The monoisotopic (exact) mass is 288 g/mol. The van der Waals surface area contributed by atoms with E-state index < -0.39 is 53.5 Å². The fraction of sp³-hybridized carbons (Fsp3) is 0.182. The minimum Gasteiger partial charge on any atom is -0.481 e. The van der Waals surface area contributed by atoms with Gasteiger partial charge in [-0.1, -0.05) is 0 Å². The zero-order valence-corrected chi connectivity index (χ0v) is 9.69. The molecule has 1 aliphatic rings. The molecule has 0 unspecified atom stereocenters. The fourth-order valence-electron chi connectivity index (χ4n) is 1.76. The Bertz CT molecular complexity index is 597. The number of anilines is 1. The van der Waals surface area contributed by atoms with Crippen LogP contribution in [-0.4, -0.2) is 29.1 Å². The molecule has 1 aliphatic heterocycles. The number of urea groups is 1. The Morgan fingerprint density at radius 1 is 1.25 bits per heavy atom. The van der Waals surface area contributed by atoms with Crippen molar-refractivity contribution < 1.29 is 32.7 Å². The summed E-state index contributed by atoms with van der Waals surface area (Å²) in [6.07, 6.45) is -0.673. The number of amides is 3. The standard InChI is InChI=1S/C11H7F3N2O4/c12-5-1-4(2-6(13)9(5)14)16-10(19)7(3-8(17)18)15-11(16)20/h1-2,7H,3H2,(H,15,20)(H,17,18)/t7-/m0/s1. The molecular weight excluding hydrogens is 281 g/mol.